The lowest BCUT2D eigenvalue weighted by Crippen LogP contribution is -1.91. The Hall–Kier alpha value is -2.43. The van der Waals surface area contributed by atoms with Gasteiger partial charge < -0.3 is 5.11 Å². The summed E-state index contributed by atoms with van der Waals surface area (Å²) in [4.78, 5) is 4.21. The van der Waals surface area contributed by atoms with Gasteiger partial charge in [-0.3, -0.25) is 9.38 Å². The van der Waals surface area contributed by atoms with Crippen LogP contribution in [0.1, 0.15) is 12.6 Å². The van der Waals surface area contributed by atoms with Crippen molar-refractivity contribution in [2.24, 2.45) is 0 Å². The SMILES string of the molecule is C=C(/C=C\C(O)=C/C)c1cn2cnnc2cn1. The molecule has 0 radical (unpaired) electrons. The Morgan fingerprint density at radius 3 is 3.06 bits per heavy atom. The summed E-state index contributed by atoms with van der Waals surface area (Å²) >= 11 is 0. The normalized spacial score (nSPS) is 12.4. The summed E-state index contributed by atoms with van der Waals surface area (Å²) in [6, 6.07) is 0. The smallest absolute Gasteiger partial charge is 0.179 e. The molecule has 0 spiro atoms. The van der Waals surface area contributed by atoms with Crippen molar-refractivity contribution in [3.63, 3.8) is 0 Å². The fourth-order valence-corrected chi connectivity index (χ4v) is 1.27. The summed E-state index contributed by atoms with van der Waals surface area (Å²) in [5.41, 5.74) is 2.09. The molecule has 0 aliphatic rings. The van der Waals surface area contributed by atoms with Crippen LogP contribution < -0.4 is 0 Å². The van der Waals surface area contributed by atoms with Gasteiger partial charge in [0.15, 0.2) is 5.65 Å². The molecule has 0 fully saturated rings. The van der Waals surface area contributed by atoms with E-state index < -0.39 is 0 Å². The zero-order valence-electron chi connectivity index (χ0n) is 9.41. The highest BCUT2D eigenvalue weighted by atomic mass is 16.3. The number of fused-ring (bicyclic) bond motifs is 1. The molecular formula is C12H12N4O. The monoisotopic (exact) mass is 228 g/mol. The van der Waals surface area contributed by atoms with Crippen LogP contribution in [-0.4, -0.2) is 24.7 Å². The molecule has 0 unspecified atom stereocenters. The van der Waals surface area contributed by atoms with Crippen LogP contribution in [0.15, 0.2) is 49.3 Å². The van der Waals surface area contributed by atoms with E-state index in [2.05, 4.69) is 21.8 Å². The van der Waals surface area contributed by atoms with Crippen LogP contribution in [0.5, 0.6) is 0 Å². The Kier molecular flexibility index (Phi) is 3.00. The van der Waals surface area contributed by atoms with Gasteiger partial charge in [-0.2, -0.15) is 0 Å². The van der Waals surface area contributed by atoms with Crippen molar-refractivity contribution in [2.75, 3.05) is 0 Å². The maximum atomic E-state index is 9.28. The van der Waals surface area contributed by atoms with Crippen molar-refractivity contribution >= 4 is 11.2 Å². The van der Waals surface area contributed by atoms with Crippen LogP contribution in [0.25, 0.3) is 11.2 Å². The predicted octanol–water partition coefficient (Wildman–Crippen LogP) is 2.16. The molecule has 0 aliphatic heterocycles. The molecule has 0 aliphatic carbocycles. The van der Waals surface area contributed by atoms with Crippen molar-refractivity contribution in [3.8, 4) is 0 Å². The summed E-state index contributed by atoms with van der Waals surface area (Å²) in [7, 11) is 0. The Balaban J connectivity index is 2.27. The minimum Gasteiger partial charge on any atom is -0.508 e. The summed E-state index contributed by atoms with van der Waals surface area (Å²) in [5, 5.41) is 16.9. The first-order valence-electron chi connectivity index (χ1n) is 5.08. The van der Waals surface area contributed by atoms with E-state index in [1.807, 2.05) is 0 Å². The second-order valence-electron chi connectivity index (χ2n) is 3.44. The van der Waals surface area contributed by atoms with E-state index in [0.717, 1.165) is 0 Å². The summed E-state index contributed by atoms with van der Waals surface area (Å²) < 4.78 is 1.76. The van der Waals surface area contributed by atoms with Crippen LogP contribution >= 0.6 is 0 Å². The van der Waals surface area contributed by atoms with Gasteiger partial charge in [0, 0.05) is 6.20 Å². The van der Waals surface area contributed by atoms with Gasteiger partial charge >= 0.3 is 0 Å². The van der Waals surface area contributed by atoms with Crippen molar-refractivity contribution in [3.05, 3.63) is 55.0 Å². The highest BCUT2D eigenvalue weighted by Gasteiger charge is 2.00. The molecule has 0 amide bonds. The van der Waals surface area contributed by atoms with Gasteiger partial charge in [-0.1, -0.05) is 6.58 Å². The maximum Gasteiger partial charge on any atom is 0.179 e. The van der Waals surface area contributed by atoms with Gasteiger partial charge in [0.2, 0.25) is 0 Å². The number of hydrogen-bond donors (Lipinski definition) is 1. The summed E-state index contributed by atoms with van der Waals surface area (Å²) in [6.45, 7) is 5.63. The van der Waals surface area contributed by atoms with Crippen molar-refractivity contribution < 1.29 is 5.11 Å². The Labute approximate surface area is 98.5 Å². The first kappa shape index (κ1) is 11.1. The highest BCUT2D eigenvalue weighted by Crippen LogP contribution is 2.11. The van der Waals surface area contributed by atoms with E-state index in [4.69, 9.17) is 0 Å². The lowest BCUT2D eigenvalue weighted by Gasteiger charge is -2.00. The molecule has 0 saturated heterocycles. The molecule has 5 nitrogen and oxygen atoms in total. The van der Waals surface area contributed by atoms with Gasteiger partial charge in [-0.25, -0.2) is 0 Å². The molecular weight excluding hydrogens is 216 g/mol. The molecule has 86 valence electrons. The van der Waals surface area contributed by atoms with Gasteiger partial charge in [-0.05, 0) is 30.7 Å². The molecule has 5 heteroatoms. The largest absolute Gasteiger partial charge is 0.508 e. The average molecular weight is 228 g/mol. The minimum atomic E-state index is 0.191. The lowest BCUT2D eigenvalue weighted by molar-refractivity contribution is 0.431. The molecule has 17 heavy (non-hydrogen) atoms. The van der Waals surface area contributed by atoms with Crippen LogP contribution in [0.4, 0.5) is 0 Å². The second kappa shape index (κ2) is 4.61. The number of aliphatic hydroxyl groups excluding tert-OH is 1. The van der Waals surface area contributed by atoms with Crippen LogP contribution in [0, 0.1) is 0 Å². The lowest BCUT2D eigenvalue weighted by atomic mass is 10.2. The van der Waals surface area contributed by atoms with Gasteiger partial charge in [-0.15, -0.1) is 10.2 Å². The standard InChI is InChI=1S/C12H12N4O/c1-3-10(17)5-4-9(2)11-7-16-8-14-15-12(16)6-13-11/h3-8,17H,2H2,1H3/b5-4-,10-3+. The fraction of sp³-hybridized carbons (Fsp3) is 0.0833. The zero-order chi connectivity index (χ0) is 12.3. The fourth-order valence-electron chi connectivity index (χ4n) is 1.27. The molecule has 2 rings (SSSR count). The van der Waals surface area contributed by atoms with Crippen LogP contribution in [-0.2, 0) is 0 Å². The Morgan fingerprint density at radius 2 is 2.29 bits per heavy atom. The third-order valence-corrected chi connectivity index (χ3v) is 2.26. The Bertz CT molecular complexity index is 610. The van der Waals surface area contributed by atoms with E-state index >= 15 is 0 Å². The molecule has 0 saturated carbocycles. The van der Waals surface area contributed by atoms with Crippen LogP contribution in [0.3, 0.4) is 0 Å². The number of rotatable bonds is 3. The number of aromatic nitrogens is 4. The van der Waals surface area contributed by atoms with E-state index in [-0.39, 0.29) is 5.76 Å². The van der Waals surface area contributed by atoms with Crippen molar-refractivity contribution in [2.45, 2.75) is 6.92 Å². The van der Waals surface area contributed by atoms with E-state index in [9.17, 15) is 5.11 Å². The first-order chi connectivity index (χ1) is 8.20. The third kappa shape index (κ3) is 2.39. The Morgan fingerprint density at radius 1 is 1.47 bits per heavy atom. The number of nitrogens with zero attached hydrogens (tertiary/aromatic N) is 4. The summed E-state index contributed by atoms with van der Waals surface area (Å²) in [5.74, 6) is 0.191. The van der Waals surface area contributed by atoms with Gasteiger partial charge in [0.05, 0.1) is 11.9 Å². The minimum absolute atomic E-state index is 0.191. The number of allylic oxidation sites excluding steroid dienone is 4. The molecule has 0 atom stereocenters. The topological polar surface area (TPSA) is 63.3 Å². The maximum absolute atomic E-state index is 9.28. The summed E-state index contributed by atoms with van der Waals surface area (Å²) in [6.07, 6.45) is 9.88. The second-order valence-corrected chi connectivity index (χ2v) is 3.44. The molecule has 0 aromatic carbocycles. The van der Waals surface area contributed by atoms with E-state index in [1.54, 1.807) is 48.3 Å². The molecule has 2 aromatic rings. The zero-order valence-corrected chi connectivity index (χ0v) is 9.41. The predicted molar refractivity (Wildman–Crippen MR) is 65.3 cm³/mol. The van der Waals surface area contributed by atoms with E-state index in [0.29, 0.717) is 16.9 Å². The first-order valence-corrected chi connectivity index (χ1v) is 5.08. The van der Waals surface area contributed by atoms with Crippen molar-refractivity contribution in [1.29, 1.82) is 0 Å². The van der Waals surface area contributed by atoms with Gasteiger partial charge in [0.25, 0.3) is 0 Å². The highest BCUT2D eigenvalue weighted by molar-refractivity contribution is 5.69. The quantitative estimate of drug-likeness (QED) is 0.645. The van der Waals surface area contributed by atoms with Gasteiger partial charge in [0.1, 0.15) is 12.1 Å². The van der Waals surface area contributed by atoms with Crippen molar-refractivity contribution in [1.82, 2.24) is 19.6 Å². The van der Waals surface area contributed by atoms with Crippen LogP contribution in [0.2, 0.25) is 0 Å². The number of hydrogen-bond acceptors (Lipinski definition) is 4. The van der Waals surface area contributed by atoms with E-state index in [1.165, 1.54) is 0 Å². The third-order valence-electron chi connectivity index (χ3n) is 2.26. The molecule has 2 aromatic heterocycles. The average Bonchev–Trinajstić information content (AvgIpc) is 2.82. The number of aliphatic hydroxyl groups is 1. The molecule has 2 heterocycles. The molecule has 0 bridgehead atoms. The molecule has 1 N–H and O–H groups in total.